The first kappa shape index (κ1) is 15.3. The number of hydrogen-bond acceptors (Lipinski definition) is 4. The summed E-state index contributed by atoms with van der Waals surface area (Å²) in [6, 6.07) is 12.1. The molecule has 0 aliphatic carbocycles. The van der Waals surface area contributed by atoms with Gasteiger partial charge >= 0.3 is 0 Å². The number of rotatable bonds is 6. The summed E-state index contributed by atoms with van der Waals surface area (Å²) in [6.45, 7) is 2.78. The number of halogens is 1. The van der Waals surface area contributed by atoms with Crippen molar-refractivity contribution in [3.8, 4) is 11.5 Å². The molecule has 0 saturated heterocycles. The van der Waals surface area contributed by atoms with Crippen LogP contribution in [-0.4, -0.2) is 11.5 Å². The lowest BCUT2D eigenvalue weighted by molar-refractivity contribution is -0.385. The predicted molar refractivity (Wildman–Crippen MR) is 82.7 cm³/mol. The minimum Gasteiger partial charge on any atom is -0.494 e. The molecule has 0 saturated carbocycles. The fourth-order valence-electron chi connectivity index (χ4n) is 1.78. The first-order valence-electron chi connectivity index (χ1n) is 6.39. The molecule has 0 radical (unpaired) electrons. The summed E-state index contributed by atoms with van der Waals surface area (Å²) in [4.78, 5) is 10.4. The van der Waals surface area contributed by atoms with E-state index in [4.69, 9.17) is 9.47 Å². The van der Waals surface area contributed by atoms with Gasteiger partial charge in [-0.2, -0.15) is 0 Å². The lowest BCUT2D eigenvalue weighted by atomic mass is 10.2. The Morgan fingerprint density at radius 3 is 2.29 bits per heavy atom. The van der Waals surface area contributed by atoms with Gasteiger partial charge in [0.25, 0.3) is 5.69 Å². The molecule has 2 aromatic rings. The number of benzene rings is 2. The van der Waals surface area contributed by atoms with Crippen molar-refractivity contribution in [3.63, 3.8) is 0 Å². The zero-order valence-corrected chi connectivity index (χ0v) is 13.0. The quantitative estimate of drug-likeness (QED) is 0.573. The van der Waals surface area contributed by atoms with Gasteiger partial charge in [-0.3, -0.25) is 10.1 Å². The van der Waals surface area contributed by atoms with Crippen molar-refractivity contribution in [1.29, 1.82) is 0 Å². The van der Waals surface area contributed by atoms with Crippen LogP contribution in [0.1, 0.15) is 12.5 Å². The summed E-state index contributed by atoms with van der Waals surface area (Å²) in [5, 5.41) is 10.9. The van der Waals surface area contributed by atoms with Crippen molar-refractivity contribution >= 4 is 21.6 Å². The van der Waals surface area contributed by atoms with Gasteiger partial charge in [-0.05, 0) is 47.1 Å². The molecule has 0 spiro atoms. The molecule has 21 heavy (non-hydrogen) atoms. The second-order valence-electron chi connectivity index (χ2n) is 4.20. The fourth-order valence-corrected chi connectivity index (χ4v) is 2.30. The van der Waals surface area contributed by atoms with Crippen LogP contribution >= 0.6 is 15.9 Å². The SMILES string of the molecule is CCOc1ccc(OCc2cccc([N+](=O)[O-])c2Br)cc1. The van der Waals surface area contributed by atoms with E-state index in [0.717, 1.165) is 11.3 Å². The summed E-state index contributed by atoms with van der Waals surface area (Å²) >= 11 is 3.25. The molecule has 0 bridgehead atoms. The van der Waals surface area contributed by atoms with Crippen molar-refractivity contribution in [3.05, 3.63) is 62.6 Å². The standard InChI is InChI=1S/C15H14BrNO4/c1-2-20-12-6-8-13(9-7-12)21-10-11-4-3-5-14(15(11)16)17(18)19/h3-9H,2,10H2,1H3. The average Bonchev–Trinajstić information content (AvgIpc) is 2.48. The summed E-state index contributed by atoms with van der Waals surface area (Å²) < 4.78 is 11.4. The second-order valence-corrected chi connectivity index (χ2v) is 4.99. The normalized spacial score (nSPS) is 10.2. The molecule has 6 heteroatoms. The highest BCUT2D eigenvalue weighted by Gasteiger charge is 2.14. The molecule has 0 aromatic heterocycles. The zero-order chi connectivity index (χ0) is 15.2. The van der Waals surface area contributed by atoms with Crippen LogP contribution in [0.4, 0.5) is 5.69 Å². The number of nitro benzene ring substituents is 1. The molecule has 0 heterocycles. The van der Waals surface area contributed by atoms with Crippen LogP contribution in [-0.2, 0) is 6.61 Å². The lowest BCUT2D eigenvalue weighted by Crippen LogP contribution is -1.99. The van der Waals surface area contributed by atoms with Crippen LogP contribution in [0.15, 0.2) is 46.9 Å². The van der Waals surface area contributed by atoms with E-state index in [1.165, 1.54) is 6.07 Å². The number of ether oxygens (including phenoxy) is 2. The molecule has 0 amide bonds. The van der Waals surface area contributed by atoms with Gasteiger partial charge in [0.05, 0.1) is 11.5 Å². The minimum absolute atomic E-state index is 0.0304. The maximum absolute atomic E-state index is 10.9. The van der Waals surface area contributed by atoms with Gasteiger partial charge in [0.1, 0.15) is 22.6 Å². The summed E-state index contributed by atoms with van der Waals surface area (Å²) in [7, 11) is 0. The van der Waals surface area contributed by atoms with Gasteiger partial charge in [-0.25, -0.2) is 0 Å². The topological polar surface area (TPSA) is 61.6 Å². The van der Waals surface area contributed by atoms with Crippen LogP contribution in [0.2, 0.25) is 0 Å². The molecular weight excluding hydrogens is 338 g/mol. The third kappa shape index (κ3) is 3.95. The van der Waals surface area contributed by atoms with E-state index in [1.807, 2.05) is 19.1 Å². The highest BCUT2D eigenvalue weighted by Crippen LogP contribution is 2.29. The molecule has 0 fully saturated rings. The van der Waals surface area contributed by atoms with E-state index in [0.29, 0.717) is 16.8 Å². The molecule has 0 aliphatic rings. The Balaban J connectivity index is 2.06. The fraction of sp³-hybridized carbons (Fsp3) is 0.200. The van der Waals surface area contributed by atoms with E-state index in [1.54, 1.807) is 24.3 Å². The van der Waals surface area contributed by atoms with Crippen molar-refractivity contribution in [2.45, 2.75) is 13.5 Å². The second kappa shape index (κ2) is 7.08. The number of hydrogen-bond donors (Lipinski definition) is 0. The van der Waals surface area contributed by atoms with Gasteiger partial charge in [-0.1, -0.05) is 12.1 Å². The van der Waals surface area contributed by atoms with Gasteiger partial charge in [0.15, 0.2) is 0 Å². The van der Waals surface area contributed by atoms with Crippen LogP contribution in [0.5, 0.6) is 11.5 Å². The van der Waals surface area contributed by atoms with E-state index in [-0.39, 0.29) is 12.3 Å². The van der Waals surface area contributed by atoms with Crippen LogP contribution in [0.3, 0.4) is 0 Å². The van der Waals surface area contributed by atoms with Crippen molar-refractivity contribution < 1.29 is 14.4 Å². The molecule has 0 aliphatic heterocycles. The van der Waals surface area contributed by atoms with E-state index in [2.05, 4.69) is 15.9 Å². The monoisotopic (exact) mass is 351 g/mol. The number of nitro groups is 1. The number of nitrogens with zero attached hydrogens (tertiary/aromatic N) is 1. The molecule has 0 atom stereocenters. The molecular formula is C15H14BrNO4. The first-order chi connectivity index (χ1) is 10.1. The van der Waals surface area contributed by atoms with Gasteiger partial charge in [-0.15, -0.1) is 0 Å². The first-order valence-corrected chi connectivity index (χ1v) is 7.18. The van der Waals surface area contributed by atoms with E-state index >= 15 is 0 Å². The highest BCUT2D eigenvalue weighted by atomic mass is 79.9. The Morgan fingerprint density at radius 1 is 1.10 bits per heavy atom. The van der Waals surface area contributed by atoms with Crippen LogP contribution in [0, 0.1) is 10.1 Å². The third-order valence-corrected chi connectivity index (χ3v) is 3.70. The Bertz CT molecular complexity index is 628. The smallest absolute Gasteiger partial charge is 0.283 e. The molecule has 0 unspecified atom stereocenters. The maximum atomic E-state index is 10.9. The molecule has 0 N–H and O–H groups in total. The Kier molecular flexibility index (Phi) is 5.16. The molecule has 2 aromatic carbocycles. The molecule has 5 nitrogen and oxygen atoms in total. The highest BCUT2D eigenvalue weighted by molar-refractivity contribution is 9.10. The van der Waals surface area contributed by atoms with Crippen molar-refractivity contribution in [1.82, 2.24) is 0 Å². The Labute approximate surface area is 130 Å². The van der Waals surface area contributed by atoms with E-state index < -0.39 is 4.92 Å². The van der Waals surface area contributed by atoms with Crippen molar-refractivity contribution in [2.75, 3.05) is 6.61 Å². The summed E-state index contributed by atoms with van der Waals surface area (Å²) in [5.74, 6) is 1.46. The summed E-state index contributed by atoms with van der Waals surface area (Å²) in [6.07, 6.45) is 0. The van der Waals surface area contributed by atoms with Gasteiger partial charge < -0.3 is 9.47 Å². The minimum atomic E-state index is -0.426. The third-order valence-electron chi connectivity index (χ3n) is 2.78. The predicted octanol–water partition coefficient (Wildman–Crippen LogP) is 4.34. The maximum Gasteiger partial charge on any atom is 0.283 e. The van der Waals surface area contributed by atoms with Crippen molar-refractivity contribution in [2.24, 2.45) is 0 Å². The Hall–Kier alpha value is -2.08. The lowest BCUT2D eigenvalue weighted by Gasteiger charge is -2.09. The zero-order valence-electron chi connectivity index (χ0n) is 11.4. The molecule has 110 valence electrons. The average molecular weight is 352 g/mol. The summed E-state index contributed by atoms with van der Waals surface area (Å²) in [5.41, 5.74) is 0.751. The Morgan fingerprint density at radius 2 is 1.71 bits per heavy atom. The van der Waals surface area contributed by atoms with Crippen LogP contribution in [0.25, 0.3) is 0 Å². The van der Waals surface area contributed by atoms with E-state index in [9.17, 15) is 10.1 Å². The largest absolute Gasteiger partial charge is 0.494 e. The van der Waals surface area contributed by atoms with Gasteiger partial charge in [0, 0.05) is 11.6 Å². The van der Waals surface area contributed by atoms with Gasteiger partial charge in [0.2, 0.25) is 0 Å². The van der Waals surface area contributed by atoms with Crippen LogP contribution < -0.4 is 9.47 Å². The molecule has 2 rings (SSSR count).